The van der Waals surface area contributed by atoms with Crippen molar-refractivity contribution in [2.24, 2.45) is 11.3 Å². The smallest absolute Gasteiger partial charge is 0.0365 e. The van der Waals surface area contributed by atoms with E-state index in [-0.39, 0.29) is 0 Å². The van der Waals surface area contributed by atoms with E-state index in [9.17, 15) is 0 Å². The Bertz CT molecular complexity index is 260. The lowest BCUT2D eigenvalue weighted by molar-refractivity contribution is 0.232. The first kappa shape index (κ1) is 9.51. The van der Waals surface area contributed by atoms with E-state index in [0.717, 1.165) is 5.92 Å². The normalized spacial score (nSPS) is 36.7. The van der Waals surface area contributed by atoms with Crippen molar-refractivity contribution in [3.8, 4) is 0 Å². The minimum Gasteiger partial charge on any atom is -0.0842 e. The quantitative estimate of drug-likeness (QED) is 0.561. The topological polar surface area (TPSA) is 0 Å². The van der Waals surface area contributed by atoms with Gasteiger partial charge in [0.2, 0.25) is 0 Å². The van der Waals surface area contributed by atoms with E-state index in [1.165, 1.54) is 19.3 Å². The van der Waals surface area contributed by atoms with Gasteiger partial charge in [-0.2, -0.15) is 0 Å². The molecule has 2 aliphatic carbocycles. The molecule has 1 heteroatoms. The highest BCUT2D eigenvalue weighted by molar-refractivity contribution is 9.09. The van der Waals surface area contributed by atoms with Gasteiger partial charge in [0.15, 0.2) is 0 Å². The van der Waals surface area contributed by atoms with Gasteiger partial charge >= 0.3 is 0 Å². The van der Waals surface area contributed by atoms with Crippen molar-refractivity contribution in [3.63, 3.8) is 0 Å². The molecule has 13 heavy (non-hydrogen) atoms. The summed E-state index contributed by atoms with van der Waals surface area (Å²) in [5, 5.41) is 0. The summed E-state index contributed by atoms with van der Waals surface area (Å²) in [4.78, 5) is 0.617. The Morgan fingerprint density at radius 3 is 2.92 bits per heavy atom. The molecule has 0 heterocycles. The number of fused-ring (bicyclic) bond motifs is 1. The van der Waals surface area contributed by atoms with Crippen molar-refractivity contribution in [2.75, 3.05) is 0 Å². The summed E-state index contributed by atoms with van der Waals surface area (Å²) >= 11 is 3.80. The Kier molecular flexibility index (Phi) is 2.39. The molecule has 2 atom stereocenters. The van der Waals surface area contributed by atoms with Crippen molar-refractivity contribution in [2.45, 2.75) is 37.9 Å². The molecule has 0 aromatic heterocycles. The number of hydrogen-bond donors (Lipinski definition) is 0. The third-order valence-electron chi connectivity index (χ3n) is 3.21. The summed E-state index contributed by atoms with van der Waals surface area (Å²) in [7, 11) is 0. The zero-order valence-electron chi connectivity index (χ0n) is 8.39. The number of allylic oxidation sites excluding steroid dienone is 4. The fraction of sp³-hybridized carbons (Fsp3) is 0.667. The van der Waals surface area contributed by atoms with Gasteiger partial charge in [-0.05, 0) is 30.6 Å². The molecule has 0 aromatic rings. The molecule has 0 N–H and O–H groups in total. The zero-order chi connectivity index (χ0) is 9.47. The lowest BCUT2D eigenvalue weighted by Gasteiger charge is -2.41. The Morgan fingerprint density at radius 2 is 2.15 bits per heavy atom. The number of rotatable bonds is 0. The summed E-state index contributed by atoms with van der Waals surface area (Å²) < 4.78 is 0. The molecule has 0 amide bonds. The minimum absolute atomic E-state index is 0.515. The van der Waals surface area contributed by atoms with E-state index in [1.807, 2.05) is 0 Å². The number of alkyl halides is 1. The van der Waals surface area contributed by atoms with E-state index in [0.29, 0.717) is 10.2 Å². The maximum absolute atomic E-state index is 3.80. The molecule has 0 radical (unpaired) electrons. The second kappa shape index (κ2) is 3.27. The molecule has 0 spiro atoms. The summed E-state index contributed by atoms with van der Waals surface area (Å²) in [6.07, 6.45) is 10.7. The van der Waals surface area contributed by atoms with Crippen LogP contribution in [0.4, 0.5) is 0 Å². The van der Waals surface area contributed by atoms with E-state index in [4.69, 9.17) is 0 Å². The van der Waals surface area contributed by atoms with Gasteiger partial charge in [-0.3, -0.25) is 0 Å². The predicted octanol–water partition coefficient (Wildman–Crippen LogP) is 4.07. The van der Waals surface area contributed by atoms with Crippen molar-refractivity contribution in [3.05, 3.63) is 23.8 Å². The van der Waals surface area contributed by atoms with Crippen molar-refractivity contribution >= 4 is 15.9 Å². The van der Waals surface area contributed by atoms with Crippen LogP contribution in [-0.4, -0.2) is 4.83 Å². The van der Waals surface area contributed by atoms with Gasteiger partial charge in [0, 0.05) is 4.83 Å². The minimum atomic E-state index is 0.515. The lowest BCUT2D eigenvalue weighted by atomic mass is 9.68. The van der Waals surface area contributed by atoms with E-state index in [2.05, 4.69) is 48.0 Å². The van der Waals surface area contributed by atoms with Crippen LogP contribution in [0.15, 0.2) is 23.8 Å². The van der Waals surface area contributed by atoms with Gasteiger partial charge in [0.25, 0.3) is 0 Å². The van der Waals surface area contributed by atoms with Gasteiger partial charge in [-0.15, -0.1) is 0 Å². The Labute approximate surface area is 89.2 Å². The van der Waals surface area contributed by atoms with Gasteiger partial charge in [0.1, 0.15) is 0 Å². The first-order valence-corrected chi connectivity index (χ1v) is 6.01. The molecule has 0 nitrogen and oxygen atoms in total. The van der Waals surface area contributed by atoms with Crippen molar-refractivity contribution in [1.29, 1.82) is 0 Å². The Balaban J connectivity index is 2.22. The third kappa shape index (κ3) is 1.90. The van der Waals surface area contributed by atoms with E-state index < -0.39 is 0 Å². The second-order valence-electron chi connectivity index (χ2n) is 5.07. The van der Waals surface area contributed by atoms with Gasteiger partial charge in [0.05, 0.1) is 0 Å². The highest BCUT2D eigenvalue weighted by Crippen LogP contribution is 2.46. The Morgan fingerprint density at radius 1 is 1.38 bits per heavy atom. The van der Waals surface area contributed by atoms with E-state index in [1.54, 1.807) is 5.57 Å². The maximum Gasteiger partial charge on any atom is 0.0365 e. The number of halogens is 1. The van der Waals surface area contributed by atoms with Crippen LogP contribution in [0, 0.1) is 11.3 Å². The van der Waals surface area contributed by atoms with Crippen LogP contribution >= 0.6 is 15.9 Å². The SMILES string of the molecule is CC1(C)CC(Br)C2=CC=CCC2C1. The molecular weight excluding hydrogens is 224 g/mol. The fourth-order valence-electron chi connectivity index (χ4n) is 2.61. The first-order valence-electron chi connectivity index (χ1n) is 5.09. The summed E-state index contributed by atoms with van der Waals surface area (Å²) in [6, 6.07) is 0. The highest BCUT2D eigenvalue weighted by Gasteiger charge is 2.36. The third-order valence-corrected chi connectivity index (χ3v) is 4.06. The van der Waals surface area contributed by atoms with Crippen molar-refractivity contribution < 1.29 is 0 Å². The summed E-state index contributed by atoms with van der Waals surface area (Å²) in [5.41, 5.74) is 2.14. The highest BCUT2D eigenvalue weighted by atomic mass is 79.9. The molecular formula is C12H17Br. The molecule has 0 aromatic carbocycles. The standard InChI is InChI=1S/C12H17Br/c1-12(2)7-9-5-3-4-6-10(9)11(13)8-12/h3-4,6,9,11H,5,7-8H2,1-2H3. The van der Waals surface area contributed by atoms with E-state index >= 15 is 0 Å². The zero-order valence-corrected chi connectivity index (χ0v) is 9.97. The lowest BCUT2D eigenvalue weighted by Crippen LogP contribution is -2.31. The molecule has 2 rings (SSSR count). The molecule has 2 unspecified atom stereocenters. The predicted molar refractivity (Wildman–Crippen MR) is 61.1 cm³/mol. The van der Waals surface area contributed by atoms with Gasteiger partial charge in [-0.25, -0.2) is 0 Å². The molecule has 1 fully saturated rings. The van der Waals surface area contributed by atoms with Crippen LogP contribution in [0.2, 0.25) is 0 Å². The van der Waals surface area contributed by atoms with Crippen LogP contribution < -0.4 is 0 Å². The average molecular weight is 241 g/mol. The van der Waals surface area contributed by atoms with Gasteiger partial charge in [-0.1, -0.05) is 53.6 Å². The monoisotopic (exact) mass is 240 g/mol. The molecule has 0 bridgehead atoms. The Hall–Kier alpha value is -0.0400. The first-order chi connectivity index (χ1) is 6.08. The van der Waals surface area contributed by atoms with Crippen LogP contribution in [0.5, 0.6) is 0 Å². The summed E-state index contributed by atoms with van der Waals surface area (Å²) in [5.74, 6) is 0.804. The molecule has 2 aliphatic rings. The molecule has 1 saturated carbocycles. The average Bonchev–Trinajstić information content (AvgIpc) is 2.02. The van der Waals surface area contributed by atoms with Gasteiger partial charge < -0.3 is 0 Å². The molecule has 0 saturated heterocycles. The molecule has 72 valence electrons. The fourth-order valence-corrected chi connectivity index (χ4v) is 4.01. The van der Waals surface area contributed by atoms with Crippen LogP contribution in [0.1, 0.15) is 33.1 Å². The van der Waals surface area contributed by atoms with Crippen molar-refractivity contribution in [1.82, 2.24) is 0 Å². The molecule has 0 aliphatic heterocycles. The van der Waals surface area contributed by atoms with Crippen LogP contribution in [0.25, 0.3) is 0 Å². The largest absolute Gasteiger partial charge is 0.0842 e. The maximum atomic E-state index is 3.80. The van der Waals surface area contributed by atoms with Crippen LogP contribution in [0.3, 0.4) is 0 Å². The summed E-state index contributed by atoms with van der Waals surface area (Å²) in [6.45, 7) is 4.77. The number of hydrogen-bond acceptors (Lipinski definition) is 0. The van der Waals surface area contributed by atoms with Crippen LogP contribution in [-0.2, 0) is 0 Å². The second-order valence-corrected chi connectivity index (χ2v) is 6.17.